The molecule has 3 rings (SSSR count). The van der Waals surface area contributed by atoms with E-state index in [1.807, 2.05) is 19.9 Å². The molecule has 0 saturated heterocycles. The molecule has 2 aromatic rings. The summed E-state index contributed by atoms with van der Waals surface area (Å²) < 4.78 is 31.4. The predicted octanol–water partition coefficient (Wildman–Crippen LogP) is 3.22. The molecule has 1 aliphatic rings. The van der Waals surface area contributed by atoms with Crippen LogP contribution in [0.25, 0.3) is 0 Å². The lowest BCUT2D eigenvalue weighted by Gasteiger charge is -2.25. The van der Waals surface area contributed by atoms with Gasteiger partial charge < -0.3 is 10.1 Å². The smallest absolute Gasteiger partial charge is 0.241 e. The Labute approximate surface area is 172 Å². The van der Waals surface area contributed by atoms with Gasteiger partial charge in [0.2, 0.25) is 15.9 Å². The summed E-state index contributed by atoms with van der Waals surface area (Å²) >= 11 is 0. The van der Waals surface area contributed by atoms with E-state index in [0.717, 1.165) is 29.0 Å². The van der Waals surface area contributed by atoms with E-state index < -0.39 is 10.0 Å². The molecule has 1 aliphatic carbocycles. The van der Waals surface area contributed by atoms with Gasteiger partial charge in [0.05, 0.1) is 24.6 Å². The molecule has 29 heavy (non-hydrogen) atoms. The van der Waals surface area contributed by atoms with Crippen molar-refractivity contribution in [1.82, 2.24) is 5.32 Å². The number of anilines is 1. The summed E-state index contributed by atoms with van der Waals surface area (Å²) in [7, 11) is -3.67. The predicted molar refractivity (Wildman–Crippen MR) is 115 cm³/mol. The maximum absolute atomic E-state index is 12.7. The highest BCUT2D eigenvalue weighted by atomic mass is 32.2. The van der Waals surface area contributed by atoms with Crippen molar-refractivity contribution in [2.45, 2.75) is 39.2 Å². The van der Waals surface area contributed by atoms with E-state index in [9.17, 15) is 13.2 Å². The summed E-state index contributed by atoms with van der Waals surface area (Å²) in [5.74, 6) is 0.0645. The molecule has 0 radical (unpaired) electrons. The Bertz CT molecular complexity index is 988. The lowest BCUT2D eigenvalue weighted by atomic mass is 10.0. The van der Waals surface area contributed by atoms with Crippen molar-refractivity contribution in [3.05, 3.63) is 59.2 Å². The number of nitrogens with zero attached hydrogens (tertiary/aromatic N) is 1. The first kappa shape index (κ1) is 21.2. The molecule has 156 valence electrons. The minimum absolute atomic E-state index is 0.211. The minimum Gasteiger partial charge on any atom is -0.492 e. The number of para-hydroxylation sites is 2. The molecule has 0 aromatic heterocycles. The van der Waals surface area contributed by atoms with Crippen LogP contribution in [0.4, 0.5) is 5.69 Å². The van der Waals surface area contributed by atoms with Crippen molar-refractivity contribution in [3.8, 4) is 5.75 Å². The molecule has 0 saturated carbocycles. The molecule has 0 spiro atoms. The summed E-state index contributed by atoms with van der Waals surface area (Å²) in [6.07, 6.45) is 4.44. The van der Waals surface area contributed by atoms with Gasteiger partial charge in [0.1, 0.15) is 12.3 Å². The lowest BCUT2D eigenvalue weighted by molar-refractivity contribution is -0.120. The maximum Gasteiger partial charge on any atom is 0.241 e. The monoisotopic (exact) mass is 416 g/mol. The molecule has 1 amide bonds. The molecule has 7 heteroatoms. The van der Waals surface area contributed by atoms with Gasteiger partial charge in [0.15, 0.2) is 0 Å². The molecule has 0 bridgehead atoms. The first-order chi connectivity index (χ1) is 13.8. The second-order valence-corrected chi connectivity index (χ2v) is 9.25. The molecule has 1 N–H and O–H groups in total. The van der Waals surface area contributed by atoms with Crippen LogP contribution in [0, 0.1) is 0 Å². The van der Waals surface area contributed by atoms with Gasteiger partial charge >= 0.3 is 0 Å². The normalized spacial score (nSPS) is 14.2. The van der Waals surface area contributed by atoms with Crippen LogP contribution in [0.5, 0.6) is 5.75 Å². The van der Waals surface area contributed by atoms with E-state index >= 15 is 0 Å². The topological polar surface area (TPSA) is 75.7 Å². The molecule has 6 nitrogen and oxygen atoms in total. The van der Waals surface area contributed by atoms with E-state index in [2.05, 4.69) is 17.4 Å². The van der Waals surface area contributed by atoms with Gasteiger partial charge in [-0.1, -0.05) is 30.3 Å². The van der Waals surface area contributed by atoms with Crippen molar-refractivity contribution in [2.24, 2.45) is 0 Å². The Morgan fingerprint density at radius 2 is 1.90 bits per heavy atom. The number of hydrogen-bond donors (Lipinski definition) is 1. The van der Waals surface area contributed by atoms with Crippen LogP contribution >= 0.6 is 0 Å². The average Bonchev–Trinajstić information content (AvgIpc) is 3.14. The Morgan fingerprint density at radius 1 is 1.17 bits per heavy atom. The van der Waals surface area contributed by atoms with Crippen molar-refractivity contribution >= 4 is 21.6 Å². The highest BCUT2D eigenvalue weighted by Gasteiger charge is 2.25. The molecule has 2 aromatic carbocycles. The Morgan fingerprint density at radius 3 is 2.62 bits per heavy atom. The maximum atomic E-state index is 12.7. The second kappa shape index (κ2) is 8.86. The number of rotatable bonds is 8. The van der Waals surface area contributed by atoms with Crippen LogP contribution in [0.1, 0.15) is 43.0 Å². The first-order valence-corrected chi connectivity index (χ1v) is 11.7. The summed E-state index contributed by atoms with van der Waals surface area (Å²) in [6, 6.07) is 12.9. The Balaban J connectivity index is 1.76. The van der Waals surface area contributed by atoms with E-state index in [4.69, 9.17) is 4.74 Å². The number of aryl methyl sites for hydroxylation is 2. The highest BCUT2D eigenvalue weighted by Crippen LogP contribution is 2.30. The number of nitrogens with one attached hydrogen (secondary N) is 1. The minimum atomic E-state index is -3.67. The zero-order valence-corrected chi connectivity index (χ0v) is 18.0. The average molecular weight is 417 g/mol. The number of carbonyl (C=O) groups is 1. The van der Waals surface area contributed by atoms with Gasteiger partial charge in [-0.15, -0.1) is 0 Å². The molecular weight excluding hydrogens is 388 g/mol. The number of amides is 1. The molecule has 0 fully saturated rings. The van der Waals surface area contributed by atoms with Gasteiger partial charge in [-0.3, -0.25) is 9.10 Å². The summed E-state index contributed by atoms with van der Waals surface area (Å²) in [5.41, 5.74) is 4.10. The van der Waals surface area contributed by atoms with Crippen molar-refractivity contribution < 1.29 is 17.9 Å². The van der Waals surface area contributed by atoms with E-state index in [1.165, 1.54) is 17.5 Å². The van der Waals surface area contributed by atoms with Crippen LogP contribution < -0.4 is 14.4 Å². The zero-order chi connectivity index (χ0) is 21.0. The standard InChI is InChI=1S/C22H28N2O4S/c1-4-28-21-11-6-5-10-20(21)24(29(3,26)27)15-22(25)23-16(2)18-13-12-17-8-7-9-19(17)14-18/h5-6,10-14,16H,4,7-9,15H2,1-3H3,(H,23,25)/t16-/m1/s1. The zero-order valence-electron chi connectivity index (χ0n) is 17.1. The fourth-order valence-corrected chi connectivity index (χ4v) is 4.54. The third-order valence-electron chi connectivity index (χ3n) is 5.12. The van der Waals surface area contributed by atoms with Gasteiger partial charge in [0.25, 0.3) is 0 Å². The van der Waals surface area contributed by atoms with E-state index in [0.29, 0.717) is 18.0 Å². The summed E-state index contributed by atoms with van der Waals surface area (Å²) in [5, 5.41) is 2.93. The number of carbonyl (C=O) groups excluding carboxylic acids is 1. The fourth-order valence-electron chi connectivity index (χ4n) is 3.68. The van der Waals surface area contributed by atoms with Crippen LogP contribution in [-0.4, -0.2) is 33.7 Å². The Hall–Kier alpha value is -2.54. The van der Waals surface area contributed by atoms with Gasteiger partial charge in [-0.05, 0) is 61.9 Å². The number of fused-ring (bicyclic) bond motifs is 1. The quantitative estimate of drug-likeness (QED) is 0.717. The van der Waals surface area contributed by atoms with Crippen molar-refractivity contribution in [3.63, 3.8) is 0 Å². The third-order valence-corrected chi connectivity index (χ3v) is 6.25. The first-order valence-electron chi connectivity index (χ1n) is 9.90. The Kier molecular flexibility index (Phi) is 6.47. The van der Waals surface area contributed by atoms with E-state index in [-0.39, 0.29) is 18.5 Å². The van der Waals surface area contributed by atoms with Crippen molar-refractivity contribution in [1.29, 1.82) is 0 Å². The molecule has 1 atom stereocenters. The van der Waals surface area contributed by atoms with Gasteiger partial charge in [0, 0.05) is 0 Å². The molecule has 0 unspecified atom stereocenters. The number of benzene rings is 2. The lowest BCUT2D eigenvalue weighted by Crippen LogP contribution is -2.41. The van der Waals surface area contributed by atoms with Crippen LogP contribution in [0.3, 0.4) is 0 Å². The number of sulfonamides is 1. The fraction of sp³-hybridized carbons (Fsp3) is 0.409. The molecule has 0 heterocycles. The second-order valence-electron chi connectivity index (χ2n) is 7.34. The van der Waals surface area contributed by atoms with Crippen LogP contribution in [0.15, 0.2) is 42.5 Å². The highest BCUT2D eigenvalue weighted by molar-refractivity contribution is 7.92. The number of hydrogen-bond acceptors (Lipinski definition) is 4. The number of ether oxygens (including phenoxy) is 1. The van der Waals surface area contributed by atoms with Crippen LogP contribution in [0.2, 0.25) is 0 Å². The largest absolute Gasteiger partial charge is 0.492 e. The molecular formula is C22H28N2O4S. The molecule has 0 aliphatic heterocycles. The van der Waals surface area contributed by atoms with E-state index in [1.54, 1.807) is 24.3 Å². The SMILES string of the molecule is CCOc1ccccc1N(CC(=O)N[C@H](C)c1ccc2c(c1)CCC2)S(C)(=O)=O. The van der Waals surface area contributed by atoms with Gasteiger partial charge in [-0.2, -0.15) is 0 Å². The van der Waals surface area contributed by atoms with Gasteiger partial charge in [-0.25, -0.2) is 8.42 Å². The van der Waals surface area contributed by atoms with Crippen LogP contribution in [-0.2, 0) is 27.7 Å². The summed E-state index contributed by atoms with van der Waals surface area (Å²) in [4.78, 5) is 12.7. The van der Waals surface area contributed by atoms with Crippen molar-refractivity contribution in [2.75, 3.05) is 23.7 Å². The summed E-state index contributed by atoms with van der Waals surface area (Å²) in [6.45, 7) is 3.83. The third kappa shape index (κ3) is 5.09.